The van der Waals surface area contributed by atoms with Crippen LogP contribution in [-0.2, 0) is 0 Å². The fourth-order valence-corrected chi connectivity index (χ4v) is 1.29. The predicted octanol–water partition coefficient (Wildman–Crippen LogP) is 1.40. The van der Waals surface area contributed by atoms with Gasteiger partial charge in [0.2, 0.25) is 0 Å². The molecule has 0 aliphatic heterocycles. The summed E-state index contributed by atoms with van der Waals surface area (Å²) in [7, 11) is 0. The van der Waals surface area contributed by atoms with Crippen LogP contribution in [0.5, 0.6) is 0 Å². The Morgan fingerprint density at radius 2 is 2.00 bits per heavy atom. The molecule has 1 radical (unpaired) electrons. The molecule has 2 rings (SSSR count). The van der Waals surface area contributed by atoms with Crippen LogP contribution in [0.15, 0.2) is 24.0 Å². The van der Waals surface area contributed by atoms with Gasteiger partial charge in [0.25, 0.3) is 0 Å². The third-order valence-electron chi connectivity index (χ3n) is 1.15. The van der Waals surface area contributed by atoms with E-state index in [1.54, 1.807) is 18.6 Å². The number of thiazole rings is 1. The molecule has 4 heteroatoms. The highest BCUT2D eigenvalue weighted by atomic mass is 32.1. The van der Waals surface area contributed by atoms with Crippen molar-refractivity contribution >= 4 is 11.3 Å². The molecule has 0 atom stereocenters. The van der Waals surface area contributed by atoms with Crippen molar-refractivity contribution in [2.75, 3.05) is 0 Å². The zero-order valence-corrected chi connectivity index (χ0v) is 6.38. The molecule has 0 fully saturated rings. The van der Waals surface area contributed by atoms with Crippen LogP contribution in [-0.4, -0.2) is 15.0 Å². The van der Waals surface area contributed by atoms with Crippen molar-refractivity contribution in [1.29, 1.82) is 0 Å². The van der Waals surface area contributed by atoms with Gasteiger partial charge in [0.1, 0.15) is 0 Å². The van der Waals surface area contributed by atoms with Crippen molar-refractivity contribution in [1.82, 2.24) is 15.0 Å². The van der Waals surface area contributed by atoms with Crippen molar-refractivity contribution in [3.8, 4) is 10.8 Å². The van der Waals surface area contributed by atoms with Crippen molar-refractivity contribution in [3.05, 3.63) is 30.0 Å². The zero-order valence-electron chi connectivity index (χ0n) is 5.56. The normalized spacial score (nSPS) is 9.82. The Labute approximate surface area is 67.8 Å². The first-order valence-electron chi connectivity index (χ1n) is 3.05. The van der Waals surface area contributed by atoms with E-state index in [2.05, 4.69) is 21.0 Å². The first kappa shape index (κ1) is 6.42. The molecule has 0 aromatic carbocycles. The Bertz CT molecular complexity index is 317. The minimum absolute atomic E-state index is 0.666. The molecular formula is C7H4N3S. The largest absolute Gasteiger partial charge is 0.241 e. The second kappa shape index (κ2) is 2.75. The molecule has 53 valence electrons. The number of nitrogens with zero attached hydrogens (tertiary/aromatic N) is 3. The average Bonchev–Trinajstić information content (AvgIpc) is 2.58. The van der Waals surface area contributed by atoms with Gasteiger partial charge in [-0.2, -0.15) is 0 Å². The van der Waals surface area contributed by atoms with Gasteiger partial charge in [-0.25, -0.2) is 15.0 Å². The third-order valence-corrected chi connectivity index (χ3v) is 1.92. The summed E-state index contributed by atoms with van der Waals surface area (Å²) in [6.07, 6.45) is 4.91. The summed E-state index contributed by atoms with van der Waals surface area (Å²) in [6, 6.07) is 2.75. The molecule has 0 amide bonds. The van der Waals surface area contributed by atoms with Gasteiger partial charge < -0.3 is 0 Å². The Hall–Kier alpha value is -1.29. The first-order valence-corrected chi connectivity index (χ1v) is 3.93. The minimum atomic E-state index is 0.666. The van der Waals surface area contributed by atoms with Crippen LogP contribution in [0.25, 0.3) is 10.8 Å². The van der Waals surface area contributed by atoms with Gasteiger partial charge >= 0.3 is 0 Å². The fourth-order valence-electron chi connectivity index (χ4n) is 0.708. The summed E-state index contributed by atoms with van der Waals surface area (Å²) in [5.41, 5.74) is 0. The average molecular weight is 162 g/mol. The standard InChI is InChI=1S/C7H4N3S/c1-2-8-6(9-3-1)7-10-4-5-11-7/h2-5H. The molecule has 0 aliphatic carbocycles. The number of hydrogen-bond acceptors (Lipinski definition) is 4. The van der Waals surface area contributed by atoms with Crippen LogP contribution >= 0.6 is 11.3 Å². The lowest BCUT2D eigenvalue weighted by Gasteiger charge is -1.89. The molecule has 0 N–H and O–H groups in total. The molecule has 0 unspecified atom stereocenters. The summed E-state index contributed by atoms with van der Waals surface area (Å²) in [4.78, 5) is 12.1. The van der Waals surface area contributed by atoms with Crippen LogP contribution in [0.1, 0.15) is 0 Å². The van der Waals surface area contributed by atoms with Crippen molar-refractivity contribution in [3.63, 3.8) is 0 Å². The number of aromatic nitrogens is 3. The van der Waals surface area contributed by atoms with Crippen molar-refractivity contribution in [2.45, 2.75) is 0 Å². The van der Waals surface area contributed by atoms with Gasteiger partial charge in [0.05, 0.1) is 0 Å². The Kier molecular flexibility index (Phi) is 1.61. The molecule has 0 saturated carbocycles. The third kappa shape index (κ3) is 1.25. The van der Waals surface area contributed by atoms with E-state index in [0.717, 1.165) is 5.01 Å². The predicted molar refractivity (Wildman–Crippen MR) is 42.0 cm³/mol. The fraction of sp³-hybridized carbons (Fsp3) is 0. The maximum absolute atomic E-state index is 4.07. The highest BCUT2D eigenvalue weighted by Crippen LogP contribution is 2.15. The summed E-state index contributed by atoms with van der Waals surface area (Å²) < 4.78 is 0. The maximum atomic E-state index is 4.07. The van der Waals surface area contributed by atoms with Crippen LogP contribution < -0.4 is 0 Å². The molecule has 0 bridgehead atoms. The molecule has 2 aromatic heterocycles. The summed E-state index contributed by atoms with van der Waals surface area (Å²) in [6.45, 7) is 0. The smallest absolute Gasteiger partial charge is 0.188 e. The van der Waals surface area contributed by atoms with Crippen LogP contribution in [0, 0.1) is 6.07 Å². The lowest BCUT2D eigenvalue weighted by molar-refractivity contribution is 1.16. The SMILES string of the molecule is [c]1cnc(-c2nccs2)nc1. The van der Waals surface area contributed by atoms with Crippen molar-refractivity contribution in [2.24, 2.45) is 0 Å². The Morgan fingerprint density at radius 3 is 2.64 bits per heavy atom. The Morgan fingerprint density at radius 1 is 1.18 bits per heavy atom. The van der Waals surface area contributed by atoms with Crippen LogP contribution in [0.4, 0.5) is 0 Å². The number of rotatable bonds is 1. The number of hydrogen-bond donors (Lipinski definition) is 0. The van der Waals surface area contributed by atoms with E-state index < -0.39 is 0 Å². The molecule has 11 heavy (non-hydrogen) atoms. The molecule has 0 saturated heterocycles. The van der Waals surface area contributed by atoms with Gasteiger partial charge in [-0.3, -0.25) is 0 Å². The van der Waals surface area contributed by atoms with Gasteiger partial charge in [-0.15, -0.1) is 11.3 Å². The van der Waals surface area contributed by atoms with Gasteiger partial charge in [-0.05, 0) is 0 Å². The van der Waals surface area contributed by atoms with Crippen LogP contribution in [0.3, 0.4) is 0 Å². The summed E-state index contributed by atoms with van der Waals surface area (Å²) >= 11 is 1.53. The summed E-state index contributed by atoms with van der Waals surface area (Å²) in [5, 5.41) is 2.74. The van der Waals surface area contributed by atoms with E-state index in [1.165, 1.54) is 11.3 Å². The quantitative estimate of drug-likeness (QED) is 0.636. The lowest BCUT2D eigenvalue weighted by Crippen LogP contribution is -1.84. The van der Waals surface area contributed by atoms with E-state index >= 15 is 0 Å². The first-order chi connectivity index (χ1) is 5.47. The highest BCUT2D eigenvalue weighted by molar-refractivity contribution is 7.12. The highest BCUT2D eigenvalue weighted by Gasteiger charge is 1.99. The van der Waals surface area contributed by atoms with E-state index in [1.807, 2.05) is 5.38 Å². The maximum Gasteiger partial charge on any atom is 0.188 e. The van der Waals surface area contributed by atoms with Gasteiger partial charge in [-0.1, -0.05) is 0 Å². The zero-order chi connectivity index (χ0) is 7.52. The van der Waals surface area contributed by atoms with E-state index in [-0.39, 0.29) is 0 Å². The summed E-state index contributed by atoms with van der Waals surface area (Å²) in [5.74, 6) is 0.666. The van der Waals surface area contributed by atoms with Gasteiger partial charge in [0, 0.05) is 30.0 Å². The van der Waals surface area contributed by atoms with Gasteiger partial charge in [0.15, 0.2) is 10.8 Å². The van der Waals surface area contributed by atoms with Crippen LogP contribution in [0.2, 0.25) is 0 Å². The Balaban J connectivity index is 2.46. The molecular weight excluding hydrogens is 158 g/mol. The minimum Gasteiger partial charge on any atom is -0.241 e. The second-order valence-corrected chi connectivity index (χ2v) is 2.74. The van der Waals surface area contributed by atoms with Crippen molar-refractivity contribution < 1.29 is 0 Å². The molecule has 2 heterocycles. The lowest BCUT2D eigenvalue weighted by atomic mass is 10.6. The molecule has 0 spiro atoms. The molecule has 3 nitrogen and oxygen atoms in total. The monoisotopic (exact) mass is 162 g/mol. The molecule has 2 aromatic rings. The van der Waals surface area contributed by atoms with E-state index in [4.69, 9.17) is 0 Å². The van der Waals surface area contributed by atoms with E-state index in [0.29, 0.717) is 5.82 Å². The topological polar surface area (TPSA) is 38.7 Å². The van der Waals surface area contributed by atoms with E-state index in [9.17, 15) is 0 Å². The second-order valence-electron chi connectivity index (χ2n) is 1.84. The molecule has 0 aliphatic rings.